The van der Waals surface area contributed by atoms with Crippen LogP contribution in [0.3, 0.4) is 0 Å². The highest BCUT2D eigenvalue weighted by atomic mass is 35.5. The van der Waals surface area contributed by atoms with Crippen LogP contribution in [-0.4, -0.2) is 5.11 Å². The molecule has 0 unspecified atom stereocenters. The molecule has 0 fully saturated rings. The molecule has 0 aliphatic heterocycles. The Morgan fingerprint density at radius 2 is 1.73 bits per heavy atom. The Morgan fingerprint density at radius 3 is 2.09 bits per heavy atom. The van der Waals surface area contributed by atoms with Crippen LogP contribution >= 0.6 is 23.2 Å². The Balaban J connectivity index is 3.25. The minimum Gasteiger partial charge on any atom is -0.399 e. The van der Waals surface area contributed by atoms with Gasteiger partial charge < -0.3 is 10.8 Å². The molecule has 2 nitrogen and oxygen atoms in total. The van der Waals surface area contributed by atoms with E-state index in [1.807, 2.05) is 0 Å². The van der Waals surface area contributed by atoms with Gasteiger partial charge in [-0.25, -0.2) is 0 Å². The number of benzene rings is 1. The van der Waals surface area contributed by atoms with Gasteiger partial charge in [-0.05, 0) is 12.1 Å². The average molecular weight is 192 g/mol. The van der Waals surface area contributed by atoms with Gasteiger partial charge in [0.1, 0.15) is 0 Å². The first-order chi connectivity index (χ1) is 5.15. The van der Waals surface area contributed by atoms with Crippen molar-refractivity contribution in [3.63, 3.8) is 0 Å². The first-order valence-electron chi connectivity index (χ1n) is 2.99. The fraction of sp³-hybridized carbons (Fsp3) is 0.143. The first kappa shape index (κ1) is 8.65. The summed E-state index contributed by atoms with van der Waals surface area (Å²) in [6.45, 7) is -0.169. The average Bonchev–Trinajstić information content (AvgIpc) is 1.85. The van der Waals surface area contributed by atoms with E-state index in [0.717, 1.165) is 0 Å². The molecule has 0 spiro atoms. The predicted molar refractivity (Wildman–Crippen MR) is 46.8 cm³/mol. The Hall–Kier alpha value is -0.440. The lowest BCUT2D eigenvalue weighted by Gasteiger charge is -2.03. The van der Waals surface area contributed by atoms with Crippen LogP contribution in [0.5, 0.6) is 0 Å². The van der Waals surface area contributed by atoms with Crippen molar-refractivity contribution in [2.75, 3.05) is 5.73 Å². The third-order valence-electron chi connectivity index (χ3n) is 1.32. The fourth-order valence-corrected chi connectivity index (χ4v) is 1.40. The number of hydrogen-bond donors (Lipinski definition) is 2. The SMILES string of the molecule is Nc1cc(Cl)c(CO)c(Cl)c1. The van der Waals surface area contributed by atoms with Gasteiger partial charge >= 0.3 is 0 Å². The number of nitrogens with two attached hydrogens (primary N) is 1. The van der Waals surface area contributed by atoms with Gasteiger partial charge in [0.25, 0.3) is 0 Å². The second-order valence-electron chi connectivity index (χ2n) is 2.12. The molecule has 0 amide bonds. The van der Waals surface area contributed by atoms with E-state index in [-0.39, 0.29) is 6.61 Å². The zero-order valence-electron chi connectivity index (χ0n) is 5.64. The number of anilines is 1. The molecule has 0 atom stereocenters. The predicted octanol–water partition coefficient (Wildman–Crippen LogP) is 2.07. The minimum absolute atomic E-state index is 0.169. The maximum atomic E-state index is 8.78. The van der Waals surface area contributed by atoms with E-state index in [1.165, 1.54) is 0 Å². The molecule has 1 aromatic rings. The molecule has 0 radical (unpaired) electrons. The number of aliphatic hydroxyl groups excluding tert-OH is 1. The van der Waals surface area contributed by atoms with Crippen LogP contribution in [0.15, 0.2) is 12.1 Å². The van der Waals surface area contributed by atoms with E-state index in [4.69, 9.17) is 34.0 Å². The van der Waals surface area contributed by atoms with Crippen molar-refractivity contribution in [2.24, 2.45) is 0 Å². The zero-order valence-corrected chi connectivity index (χ0v) is 7.15. The highest BCUT2D eigenvalue weighted by Gasteiger charge is 2.04. The first-order valence-corrected chi connectivity index (χ1v) is 3.75. The Bertz CT molecular complexity index is 252. The maximum absolute atomic E-state index is 8.78. The molecule has 60 valence electrons. The van der Waals surface area contributed by atoms with E-state index >= 15 is 0 Å². The second kappa shape index (κ2) is 3.30. The number of aliphatic hydroxyl groups is 1. The molecule has 4 heteroatoms. The highest BCUT2D eigenvalue weighted by molar-refractivity contribution is 6.36. The molecule has 3 N–H and O–H groups in total. The van der Waals surface area contributed by atoms with Crippen molar-refractivity contribution in [2.45, 2.75) is 6.61 Å². The van der Waals surface area contributed by atoms with Gasteiger partial charge in [0.15, 0.2) is 0 Å². The van der Waals surface area contributed by atoms with Crippen LogP contribution in [0, 0.1) is 0 Å². The number of hydrogen-bond acceptors (Lipinski definition) is 2. The molecule has 0 bridgehead atoms. The lowest BCUT2D eigenvalue weighted by molar-refractivity contribution is 0.282. The summed E-state index contributed by atoms with van der Waals surface area (Å²) in [5.41, 5.74) is 6.45. The van der Waals surface area contributed by atoms with Crippen molar-refractivity contribution in [1.29, 1.82) is 0 Å². The maximum Gasteiger partial charge on any atom is 0.0711 e. The summed E-state index contributed by atoms with van der Waals surface area (Å²) in [4.78, 5) is 0. The Morgan fingerprint density at radius 1 is 1.27 bits per heavy atom. The molecule has 11 heavy (non-hydrogen) atoms. The van der Waals surface area contributed by atoms with E-state index in [1.54, 1.807) is 12.1 Å². The monoisotopic (exact) mass is 191 g/mol. The van der Waals surface area contributed by atoms with E-state index in [0.29, 0.717) is 21.3 Å². The topological polar surface area (TPSA) is 46.2 Å². The lowest BCUT2D eigenvalue weighted by atomic mass is 10.2. The Labute approximate surface area is 74.5 Å². The van der Waals surface area contributed by atoms with Crippen LogP contribution in [0.1, 0.15) is 5.56 Å². The molecule has 0 saturated heterocycles. The lowest BCUT2D eigenvalue weighted by Crippen LogP contribution is -1.90. The third-order valence-corrected chi connectivity index (χ3v) is 2.00. The highest BCUT2D eigenvalue weighted by Crippen LogP contribution is 2.27. The Kier molecular flexibility index (Phi) is 2.60. The quantitative estimate of drug-likeness (QED) is 0.669. The van der Waals surface area contributed by atoms with Gasteiger partial charge in [0.2, 0.25) is 0 Å². The van der Waals surface area contributed by atoms with E-state index in [2.05, 4.69) is 0 Å². The van der Waals surface area contributed by atoms with Gasteiger partial charge in [-0.2, -0.15) is 0 Å². The van der Waals surface area contributed by atoms with Crippen LogP contribution in [0.4, 0.5) is 5.69 Å². The van der Waals surface area contributed by atoms with Crippen molar-refractivity contribution in [1.82, 2.24) is 0 Å². The summed E-state index contributed by atoms with van der Waals surface area (Å²) in [6.07, 6.45) is 0. The van der Waals surface area contributed by atoms with Crippen LogP contribution < -0.4 is 5.73 Å². The molecule has 0 aromatic heterocycles. The molecular weight excluding hydrogens is 185 g/mol. The number of rotatable bonds is 1. The largest absolute Gasteiger partial charge is 0.399 e. The van der Waals surface area contributed by atoms with Gasteiger partial charge in [0.05, 0.1) is 6.61 Å². The van der Waals surface area contributed by atoms with Gasteiger partial charge in [0, 0.05) is 21.3 Å². The van der Waals surface area contributed by atoms with Crippen molar-refractivity contribution < 1.29 is 5.11 Å². The summed E-state index contributed by atoms with van der Waals surface area (Å²) in [6, 6.07) is 3.11. The van der Waals surface area contributed by atoms with E-state index in [9.17, 15) is 0 Å². The molecule has 0 aliphatic carbocycles. The van der Waals surface area contributed by atoms with Crippen LogP contribution in [0.25, 0.3) is 0 Å². The smallest absolute Gasteiger partial charge is 0.0711 e. The van der Waals surface area contributed by atoms with Gasteiger partial charge in [-0.15, -0.1) is 0 Å². The third kappa shape index (κ3) is 1.77. The standard InChI is InChI=1S/C7H7Cl2NO/c8-6-1-4(10)2-7(9)5(6)3-11/h1-2,11H,3,10H2. The summed E-state index contributed by atoms with van der Waals surface area (Å²) in [5.74, 6) is 0. The zero-order chi connectivity index (χ0) is 8.43. The summed E-state index contributed by atoms with van der Waals surface area (Å²) >= 11 is 11.4. The van der Waals surface area contributed by atoms with Crippen molar-refractivity contribution in [3.8, 4) is 0 Å². The fourth-order valence-electron chi connectivity index (χ4n) is 0.774. The normalized spacial score (nSPS) is 10.1. The second-order valence-corrected chi connectivity index (χ2v) is 2.94. The van der Waals surface area contributed by atoms with Crippen molar-refractivity contribution >= 4 is 28.9 Å². The summed E-state index contributed by atoms with van der Waals surface area (Å²) < 4.78 is 0. The van der Waals surface area contributed by atoms with Gasteiger partial charge in [-0.3, -0.25) is 0 Å². The summed E-state index contributed by atoms with van der Waals surface area (Å²) in [5, 5.41) is 9.58. The summed E-state index contributed by atoms with van der Waals surface area (Å²) in [7, 11) is 0. The molecular formula is C7H7Cl2NO. The van der Waals surface area contributed by atoms with Crippen molar-refractivity contribution in [3.05, 3.63) is 27.7 Å². The molecule has 1 rings (SSSR count). The molecule has 0 heterocycles. The van der Waals surface area contributed by atoms with Crippen LogP contribution in [-0.2, 0) is 6.61 Å². The number of nitrogen functional groups attached to an aromatic ring is 1. The minimum atomic E-state index is -0.169. The number of halogens is 2. The molecule has 0 saturated carbocycles. The van der Waals surface area contributed by atoms with E-state index < -0.39 is 0 Å². The molecule has 1 aromatic carbocycles. The van der Waals surface area contributed by atoms with Gasteiger partial charge in [-0.1, -0.05) is 23.2 Å². The molecule has 0 aliphatic rings. The van der Waals surface area contributed by atoms with Crippen LogP contribution in [0.2, 0.25) is 10.0 Å².